The fourth-order valence-electron chi connectivity index (χ4n) is 5.80. The van der Waals surface area contributed by atoms with Gasteiger partial charge in [-0.05, 0) is 63.1 Å². The Kier molecular flexibility index (Phi) is 6.32. The van der Waals surface area contributed by atoms with Crippen molar-refractivity contribution < 1.29 is 19.1 Å². The number of aromatic nitrogens is 1. The Morgan fingerprint density at radius 1 is 1.17 bits per heavy atom. The second-order valence-electron chi connectivity index (χ2n) is 9.92. The van der Waals surface area contributed by atoms with Crippen LogP contribution >= 0.6 is 0 Å². The Bertz CT molecular complexity index is 1120. The van der Waals surface area contributed by atoms with Gasteiger partial charge in [-0.2, -0.15) is 0 Å². The van der Waals surface area contributed by atoms with Gasteiger partial charge >= 0.3 is 6.03 Å². The van der Waals surface area contributed by atoms with E-state index in [1.54, 1.807) is 18.5 Å². The van der Waals surface area contributed by atoms with E-state index < -0.39 is 5.54 Å². The van der Waals surface area contributed by atoms with E-state index >= 15 is 0 Å². The van der Waals surface area contributed by atoms with Crippen molar-refractivity contribution in [2.24, 2.45) is 5.92 Å². The second-order valence-corrected chi connectivity index (χ2v) is 9.92. The van der Waals surface area contributed by atoms with Crippen molar-refractivity contribution in [3.63, 3.8) is 0 Å². The summed E-state index contributed by atoms with van der Waals surface area (Å²) in [5, 5.41) is 3.06. The van der Waals surface area contributed by atoms with E-state index in [1.807, 2.05) is 43.0 Å². The zero-order chi connectivity index (χ0) is 24.6. The first kappa shape index (κ1) is 23.5. The van der Waals surface area contributed by atoms with E-state index in [0.717, 1.165) is 24.0 Å². The van der Waals surface area contributed by atoms with Crippen LogP contribution in [-0.4, -0.2) is 65.0 Å². The second kappa shape index (κ2) is 9.41. The Morgan fingerprint density at radius 2 is 1.97 bits per heavy atom. The van der Waals surface area contributed by atoms with Crippen LogP contribution in [0.15, 0.2) is 42.7 Å². The molecule has 8 nitrogen and oxygen atoms in total. The topological polar surface area (TPSA) is 91.8 Å². The van der Waals surface area contributed by atoms with E-state index in [2.05, 4.69) is 10.3 Å². The highest BCUT2D eigenvalue weighted by Crippen LogP contribution is 2.41. The van der Waals surface area contributed by atoms with Crippen molar-refractivity contribution in [2.75, 3.05) is 26.2 Å². The molecule has 8 heteroatoms. The average molecular weight is 477 g/mol. The molecule has 3 aliphatic heterocycles. The number of piperidine rings is 1. The third-order valence-electron chi connectivity index (χ3n) is 7.67. The van der Waals surface area contributed by atoms with Crippen molar-refractivity contribution in [2.45, 2.75) is 51.2 Å². The van der Waals surface area contributed by atoms with Gasteiger partial charge in [0.1, 0.15) is 0 Å². The average Bonchev–Trinajstić information content (AvgIpc) is 3.47. The molecule has 0 aliphatic carbocycles. The monoisotopic (exact) mass is 476 g/mol. The Hall–Kier alpha value is -3.26. The number of hydrogen-bond donors (Lipinski definition) is 1. The molecule has 1 aromatic heterocycles. The van der Waals surface area contributed by atoms with Gasteiger partial charge in [0, 0.05) is 43.2 Å². The number of ether oxygens (including phenoxy) is 1. The van der Waals surface area contributed by atoms with Gasteiger partial charge in [0.05, 0.1) is 12.6 Å². The molecular weight excluding hydrogens is 444 g/mol. The fourth-order valence-corrected chi connectivity index (χ4v) is 5.80. The quantitative estimate of drug-likeness (QED) is 0.670. The first-order chi connectivity index (χ1) is 16.9. The minimum atomic E-state index is -1.18. The van der Waals surface area contributed by atoms with Crippen LogP contribution in [0.3, 0.4) is 0 Å². The first-order valence-electron chi connectivity index (χ1n) is 12.4. The first-order valence-corrected chi connectivity index (χ1v) is 12.4. The number of imide groups is 1. The molecule has 0 saturated carbocycles. The number of nitrogens with one attached hydrogen (secondary N) is 1. The molecule has 3 saturated heterocycles. The third-order valence-corrected chi connectivity index (χ3v) is 7.67. The summed E-state index contributed by atoms with van der Waals surface area (Å²) < 4.78 is 5.70. The summed E-state index contributed by atoms with van der Waals surface area (Å²) in [6, 6.07) is 9.13. The van der Waals surface area contributed by atoms with Crippen molar-refractivity contribution in [1.82, 2.24) is 20.1 Å². The summed E-state index contributed by atoms with van der Waals surface area (Å²) in [6.07, 6.45) is 6.20. The van der Waals surface area contributed by atoms with Crippen LogP contribution < -0.4 is 5.32 Å². The molecule has 184 valence electrons. The molecule has 1 aromatic carbocycles. The van der Waals surface area contributed by atoms with Crippen LogP contribution in [0.5, 0.6) is 0 Å². The highest BCUT2D eigenvalue weighted by atomic mass is 16.5. The normalized spacial score (nSPS) is 25.3. The summed E-state index contributed by atoms with van der Waals surface area (Å²) in [4.78, 5) is 47.6. The smallest absolute Gasteiger partial charge is 0.325 e. The molecule has 1 N–H and O–H groups in total. The number of carbonyl (C=O) groups excluding carboxylic acids is 3. The predicted octanol–water partition coefficient (Wildman–Crippen LogP) is 3.18. The lowest BCUT2D eigenvalue weighted by atomic mass is 9.73. The number of benzene rings is 1. The van der Waals surface area contributed by atoms with Crippen LogP contribution in [0.25, 0.3) is 0 Å². The molecule has 0 spiro atoms. The maximum atomic E-state index is 13.9. The van der Waals surface area contributed by atoms with E-state index in [-0.39, 0.29) is 36.4 Å². The summed E-state index contributed by atoms with van der Waals surface area (Å²) in [5.74, 6) is -0.385. The predicted molar refractivity (Wildman–Crippen MR) is 130 cm³/mol. The van der Waals surface area contributed by atoms with Gasteiger partial charge in [-0.15, -0.1) is 0 Å². The highest BCUT2D eigenvalue weighted by Gasteiger charge is 2.57. The number of nitrogens with zero attached hydrogens (tertiary/aromatic N) is 3. The summed E-state index contributed by atoms with van der Waals surface area (Å²) in [7, 11) is 0. The van der Waals surface area contributed by atoms with Crippen LogP contribution in [-0.2, 0) is 15.1 Å². The molecule has 3 fully saturated rings. The Morgan fingerprint density at radius 3 is 2.63 bits per heavy atom. The van der Waals surface area contributed by atoms with E-state index in [1.165, 1.54) is 4.90 Å². The van der Waals surface area contributed by atoms with Gasteiger partial charge in [-0.1, -0.05) is 23.8 Å². The Balaban J connectivity index is 1.38. The lowest BCUT2D eigenvalue weighted by Crippen LogP contribution is -2.54. The van der Waals surface area contributed by atoms with Gasteiger partial charge in [0.2, 0.25) is 0 Å². The van der Waals surface area contributed by atoms with Gasteiger partial charge in [-0.25, -0.2) is 4.79 Å². The number of carbonyl (C=O) groups is 3. The van der Waals surface area contributed by atoms with Crippen molar-refractivity contribution >= 4 is 17.8 Å². The van der Waals surface area contributed by atoms with Crippen LogP contribution in [0, 0.1) is 19.8 Å². The maximum absolute atomic E-state index is 13.9. The summed E-state index contributed by atoms with van der Waals surface area (Å²) in [5.41, 5.74) is 2.31. The number of likely N-dealkylation sites (tertiary alicyclic amines) is 1. The molecule has 5 rings (SSSR count). The number of hydrogen-bond acceptors (Lipinski definition) is 5. The number of rotatable bonds is 5. The number of urea groups is 1. The highest BCUT2D eigenvalue weighted by molar-refractivity contribution is 6.07. The molecule has 2 atom stereocenters. The number of pyridine rings is 1. The van der Waals surface area contributed by atoms with Crippen molar-refractivity contribution in [3.05, 3.63) is 65.0 Å². The maximum Gasteiger partial charge on any atom is 0.325 e. The number of amides is 4. The van der Waals surface area contributed by atoms with E-state index in [4.69, 9.17) is 4.74 Å². The molecule has 0 radical (unpaired) electrons. The van der Waals surface area contributed by atoms with Crippen LogP contribution in [0.1, 0.15) is 52.7 Å². The SMILES string of the molecule is Cc1ccc(C(=O)N2CCC([C@]3(c4cccnc4)NC(=O)N(C[C@H]4CCCO4)C3=O)CC2)c(C)c1. The molecule has 0 bridgehead atoms. The molecule has 4 amide bonds. The number of aryl methyl sites for hydroxylation is 2. The molecule has 4 heterocycles. The van der Waals surface area contributed by atoms with Crippen LogP contribution in [0.4, 0.5) is 4.79 Å². The Labute approximate surface area is 205 Å². The minimum Gasteiger partial charge on any atom is -0.376 e. The standard InChI is InChI=1S/C27H32N4O4/c1-18-7-8-23(19(2)15-18)24(32)30-12-9-20(10-13-30)27(21-5-3-11-28-16-21)25(33)31(26(34)29-27)17-22-6-4-14-35-22/h3,5,7-8,11,15-16,20,22H,4,6,9-10,12-14,17H2,1-2H3,(H,29,34)/t22-,27-/m1/s1. The van der Waals surface area contributed by atoms with Crippen molar-refractivity contribution in [1.29, 1.82) is 0 Å². The molecule has 3 aliphatic rings. The van der Waals surface area contributed by atoms with Gasteiger partial charge in [0.25, 0.3) is 11.8 Å². The summed E-state index contributed by atoms with van der Waals surface area (Å²) in [6.45, 7) is 5.94. The molecule has 0 unspecified atom stereocenters. The lowest BCUT2D eigenvalue weighted by molar-refractivity contribution is -0.135. The molecular formula is C27H32N4O4. The fraction of sp³-hybridized carbons (Fsp3) is 0.481. The van der Waals surface area contributed by atoms with E-state index in [0.29, 0.717) is 43.7 Å². The molecule has 2 aromatic rings. The lowest BCUT2D eigenvalue weighted by Gasteiger charge is -2.41. The van der Waals surface area contributed by atoms with Gasteiger partial charge < -0.3 is 15.0 Å². The van der Waals surface area contributed by atoms with Crippen LogP contribution in [0.2, 0.25) is 0 Å². The van der Waals surface area contributed by atoms with E-state index in [9.17, 15) is 14.4 Å². The van der Waals surface area contributed by atoms with Gasteiger partial charge in [0.15, 0.2) is 5.54 Å². The molecule has 35 heavy (non-hydrogen) atoms. The van der Waals surface area contributed by atoms with Crippen molar-refractivity contribution in [3.8, 4) is 0 Å². The van der Waals surface area contributed by atoms with Gasteiger partial charge in [-0.3, -0.25) is 19.5 Å². The largest absolute Gasteiger partial charge is 0.376 e. The zero-order valence-corrected chi connectivity index (χ0v) is 20.3. The minimum absolute atomic E-state index is 0.0122. The summed E-state index contributed by atoms with van der Waals surface area (Å²) >= 11 is 0. The zero-order valence-electron chi connectivity index (χ0n) is 20.3. The third kappa shape index (κ3) is 4.20.